The molecule has 0 aliphatic heterocycles. The van der Waals surface area contributed by atoms with E-state index in [-0.39, 0.29) is 12.5 Å². The van der Waals surface area contributed by atoms with Crippen molar-refractivity contribution in [2.45, 2.75) is 23.6 Å². The summed E-state index contributed by atoms with van der Waals surface area (Å²) in [5, 5.41) is 2.02. The second-order valence-corrected chi connectivity index (χ2v) is 7.02. The van der Waals surface area contributed by atoms with Crippen molar-refractivity contribution in [2.24, 2.45) is 0 Å². The number of nitrogens with one attached hydrogen (secondary N) is 1. The maximum absolute atomic E-state index is 12.4. The first-order valence-electron chi connectivity index (χ1n) is 6.24. The van der Waals surface area contributed by atoms with Gasteiger partial charge in [-0.05, 0) is 53.2 Å². The molecule has 21 heavy (non-hydrogen) atoms. The highest BCUT2D eigenvalue weighted by atomic mass is 79.9. The van der Waals surface area contributed by atoms with Crippen molar-refractivity contribution in [3.8, 4) is 0 Å². The number of rotatable bonds is 5. The van der Waals surface area contributed by atoms with Crippen LogP contribution in [0.3, 0.4) is 0 Å². The van der Waals surface area contributed by atoms with Gasteiger partial charge in [-0.3, -0.25) is 9.00 Å². The maximum atomic E-state index is 12.4. The van der Waals surface area contributed by atoms with Crippen LogP contribution in [0, 0.1) is 0 Å². The lowest BCUT2D eigenvalue weighted by Crippen LogP contribution is -2.35. The summed E-state index contributed by atoms with van der Waals surface area (Å²) in [6, 6.07) is 8.49. The molecule has 0 saturated heterocycles. The van der Waals surface area contributed by atoms with E-state index in [0.717, 1.165) is 0 Å². The fourth-order valence-electron chi connectivity index (χ4n) is 1.70. The quantitative estimate of drug-likeness (QED) is 0.791. The lowest BCUT2D eigenvalue weighted by molar-refractivity contribution is -0.120. The lowest BCUT2D eigenvalue weighted by atomic mass is 10.3. The van der Waals surface area contributed by atoms with E-state index in [1.165, 1.54) is 6.26 Å². The van der Waals surface area contributed by atoms with E-state index in [0.29, 0.717) is 20.8 Å². The minimum Gasteiger partial charge on any atom is -0.467 e. The maximum Gasteiger partial charge on any atom is 0.236 e. The number of furan rings is 1. The molecule has 0 fully saturated rings. The standard InChI is InChI=1S/C14H15BrN2O3S/c1-9(14(18)17-8-11-3-2-6-20-11)21(19)13-5-4-10(16)7-12(13)15/h2-7,9H,8,16H2,1H3,(H,17,18). The molecule has 0 radical (unpaired) electrons. The second-order valence-electron chi connectivity index (χ2n) is 4.43. The van der Waals surface area contributed by atoms with Gasteiger partial charge in [-0.15, -0.1) is 0 Å². The van der Waals surface area contributed by atoms with Gasteiger partial charge in [-0.25, -0.2) is 0 Å². The van der Waals surface area contributed by atoms with E-state index in [1.807, 2.05) is 0 Å². The molecular formula is C14H15BrN2O3S. The van der Waals surface area contributed by atoms with Crippen molar-refractivity contribution in [3.63, 3.8) is 0 Å². The number of anilines is 1. The van der Waals surface area contributed by atoms with Gasteiger partial charge in [-0.1, -0.05) is 0 Å². The highest BCUT2D eigenvalue weighted by Crippen LogP contribution is 2.25. The van der Waals surface area contributed by atoms with Crippen molar-refractivity contribution >= 4 is 38.3 Å². The number of nitrogens with two attached hydrogens (primary N) is 1. The molecule has 0 spiro atoms. The van der Waals surface area contributed by atoms with Crippen LogP contribution in [0.1, 0.15) is 12.7 Å². The molecule has 1 aromatic heterocycles. The first-order valence-corrected chi connectivity index (χ1v) is 8.25. The van der Waals surface area contributed by atoms with Crippen LogP contribution >= 0.6 is 15.9 Å². The summed E-state index contributed by atoms with van der Waals surface area (Å²) in [4.78, 5) is 12.6. The Labute approximate surface area is 133 Å². The van der Waals surface area contributed by atoms with Gasteiger partial charge < -0.3 is 15.5 Å². The van der Waals surface area contributed by atoms with Gasteiger partial charge in [0.15, 0.2) is 0 Å². The molecule has 2 atom stereocenters. The fraction of sp³-hybridized carbons (Fsp3) is 0.214. The summed E-state index contributed by atoms with van der Waals surface area (Å²) < 4.78 is 18.2. The van der Waals surface area contributed by atoms with Crippen molar-refractivity contribution in [2.75, 3.05) is 5.73 Å². The highest BCUT2D eigenvalue weighted by molar-refractivity contribution is 9.10. The lowest BCUT2D eigenvalue weighted by Gasteiger charge is -2.13. The number of halogens is 1. The number of carbonyl (C=O) groups is 1. The van der Waals surface area contributed by atoms with Gasteiger partial charge in [0, 0.05) is 10.2 Å². The molecule has 3 N–H and O–H groups in total. The number of nitrogen functional groups attached to an aromatic ring is 1. The molecule has 2 unspecified atom stereocenters. The van der Waals surface area contributed by atoms with Gasteiger partial charge in [0.05, 0.1) is 28.5 Å². The van der Waals surface area contributed by atoms with E-state index in [9.17, 15) is 9.00 Å². The van der Waals surface area contributed by atoms with Crippen LogP contribution in [0.15, 0.2) is 50.4 Å². The first kappa shape index (κ1) is 15.8. The summed E-state index contributed by atoms with van der Waals surface area (Å²) in [6.45, 7) is 1.90. The van der Waals surface area contributed by atoms with Crippen molar-refractivity contribution in [1.29, 1.82) is 0 Å². The Kier molecular flexibility index (Phi) is 5.19. The van der Waals surface area contributed by atoms with E-state index in [2.05, 4.69) is 21.2 Å². The van der Waals surface area contributed by atoms with Crippen LogP contribution < -0.4 is 11.1 Å². The molecule has 7 heteroatoms. The zero-order valence-electron chi connectivity index (χ0n) is 11.3. The molecule has 0 saturated carbocycles. The minimum absolute atomic E-state index is 0.274. The van der Waals surface area contributed by atoms with E-state index in [4.69, 9.17) is 10.2 Å². The van der Waals surface area contributed by atoms with Crippen LogP contribution in [0.2, 0.25) is 0 Å². The number of hydrogen-bond acceptors (Lipinski definition) is 4. The summed E-state index contributed by atoms with van der Waals surface area (Å²) in [5.41, 5.74) is 6.21. The molecule has 2 aromatic rings. The highest BCUT2D eigenvalue weighted by Gasteiger charge is 2.23. The number of carbonyl (C=O) groups excluding carboxylic acids is 1. The molecule has 1 heterocycles. The second kappa shape index (κ2) is 6.91. The summed E-state index contributed by atoms with van der Waals surface area (Å²) in [6.07, 6.45) is 1.54. The number of amides is 1. The Hall–Kier alpha value is -1.60. The van der Waals surface area contributed by atoms with Gasteiger partial charge in [0.1, 0.15) is 11.0 Å². The van der Waals surface area contributed by atoms with Crippen molar-refractivity contribution < 1.29 is 13.4 Å². The molecule has 0 bridgehead atoms. The third-order valence-corrected chi connectivity index (χ3v) is 5.44. The molecule has 2 rings (SSSR count). The predicted molar refractivity (Wildman–Crippen MR) is 85.0 cm³/mol. The Bertz CT molecular complexity index is 658. The average molecular weight is 371 g/mol. The number of benzene rings is 1. The van der Waals surface area contributed by atoms with Gasteiger partial charge in [0.25, 0.3) is 0 Å². The fourth-order valence-corrected chi connectivity index (χ4v) is 3.69. The van der Waals surface area contributed by atoms with Crippen LogP contribution in [0.4, 0.5) is 5.69 Å². The monoisotopic (exact) mass is 370 g/mol. The average Bonchev–Trinajstić information content (AvgIpc) is 2.96. The van der Waals surface area contributed by atoms with Gasteiger partial charge in [0.2, 0.25) is 5.91 Å². The first-order chi connectivity index (χ1) is 9.99. The Morgan fingerprint density at radius 3 is 2.86 bits per heavy atom. The molecule has 112 valence electrons. The smallest absolute Gasteiger partial charge is 0.236 e. The summed E-state index contributed by atoms with van der Waals surface area (Å²) in [5.74, 6) is 0.350. The summed E-state index contributed by atoms with van der Waals surface area (Å²) in [7, 11) is -1.47. The van der Waals surface area contributed by atoms with Gasteiger partial charge in [-0.2, -0.15) is 0 Å². The molecular weight excluding hydrogens is 356 g/mol. The SMILES string of the molecule is CC(C(=O)NCc1ccco1)S(=O)c1ccc(N)cc1Br. The Balaban J connectivity index is 2.02. The third kappa shape index (κ3) is 3.95. The van der Waals surface area contributed by atoms with Crippen molar-refractivity contribution in [3.05, 3.63) is 46.8 Å². The molecule has 0 aliphatic rings. The van der Waals surface area contributed by atoms with Crippen LogP contribution in [-0.2, 0) is 22.1 Å². The Morgan fingerprint density at radius 1 is 1.48 bits per heavy atom. The third-order valence-electron chi connectivity index (χ3n) is 2.88. The normalized spacial score (nSPS) is 13.6. The van der Waals surface area contributed by atoms with Crippen LogP contribution in [0.5, 0.6) is 0 Å². The van der Waals surface area contributed by atoms with Crippen LogP contribution in [0.25, 0.3) is 0 Å². The largest absolute Gasteiger partial charge is 0.467 e. The van der Waals surface area contributed by atoms with Gasteiger partial charge >= 0.3 is 0 Å². The van der Waals surface area contributed by atoms with Crippen LogP contribution in [-0.4, -0.2) is 15.4 Å². The number of hydrogen-bond donors (Lipinski definition) is 2. The zero-order valence-corrected chi connectivity index (χ0v) is 13.7. The zero-order chi connectivity index (χ0) is 15.4. The van der Waals surface area contributed by atoms with Crippen molar-refractivity contribution in [1.82, 2.24) is 5.32 Å². The van der Waals surface area contributed by atoms with E-state index < -0.39 is 16.0 Å². The Morgan fingerprint density at radius 2 is 2.24 bits per heavy atom. The minimum atomic E-state index is -1.47. The van der Waals surface area contributed by atoms with E-state index in [1.54, 1.807) is 37.3 Å². The molecule has 1 amide bonds. The van der Waals surface area contributed by atoms with E-state index >= 15 is 0 Å². The topological polar surface area (TPSA) is 85.3 Å². The molecule has 0 aliphatic carbocycles. The predicted octanol–water partition coefficient (Wildman–Crippen LogP) is 2.44. The summed E-state index contributed by atoms with van der Waals surface area (Å²) >= 11 is 3.32. The molecule has 1 aromatic carbocycles. The molecule has 5 nitrogen and oxygen atoms in total.